The third kappa shape index (κ3) is 2.67. The molecule has 1 atom stereocenters. The molecule has 0 spiro atoms. The summed E-state index contributed by atoms with van der Waals surface area (Å²) in [5.41, 5.74) is 7.20. The third-order valence-corrected chi connectivity index (χ3v) is 3.94. The van der Waals surface area contributed by atoms with E-state index < -0.39 is 5.91 Å². The molecule has 5 nitrogen and oxygen atoms in total. The number of aromatic nitrogens is 1. The maximum Gasteiger partial charge on any atom is 0.270 e. The lowest BCUT2D eigenvalue weighted by molar-refractivity contribution is 0.0785. The van der Waals surface area contributed by atoms with E-state index in [0.717, 1.165) is 13.0 Å². The summed E-state index contributed by atoms with van der Waals surface area (Å²) in [6.07, 6.45) is 2.43. The van der Waals surface area contributed by atoms with Gasteiger partial charge in [-0.1, -0.05) is 30.3 Å². The van der Waals surface area contributed by atoms with E-state index in [1.807, 2.05) is 23.1 Å². The Morgan fingerprint density at radius 1 is 1.24 bits per heavy atom. The second-order valence-corrected chi connectivity index (χ2v) is 5.31. The summed E-state index contributed by atoms with van der Waals surface area (Å²) in [4.78, 5) is 28.1. The van der Waals surface area contributed by atoms with Gasteiger partial charge in [0.15, 0.2) is 0 Å². The van der Waals surface area contributed by atoms with Crippen molar-refractivity contribution in [2.45, 2.75) is 12.3 Å². The molecule has 0 radical (unpaired) electrons. The first-order valence-electron chi connectivity index (χ1n) is 6.97. The molecule has 1 saturated heterocycles. The number of nitrogens with two attached hydrogens (primary N) is 1. The standard InChI is InChI=1S/C16H17N3O2/c17-15(20)13-8-14(18-9-13)16(21)19-7-6-12(10-19)11-4-2-1-3-5-11/h1-5,8-9,12,18H,6-7,10H2,(H2,17,20). The zero-order chi connectivity index (χ0) is 14.8. The van der Waals surface area contributed by atoms with Crippen molar-refractivity contribution in [3.05, 3.63) is 59.4 Å². The summed E-state index contributed by atoms with van der Waals surface area (Å²) >= 11 is 0. The van der Waals surface area contributed by atoms with Gasteiger partial charge in [-0.3, -0.25) is 9.59 Å². The number of hydrogen-bond donors (Lipinski definition) is 2. The minimum atomic E-state index is -0.533. The highest BCUT2D eigenvalue weighted by molar-refractivity contribution is 5.98. The van der Waals surface area contributed by atoms with Crippen LogP contribution in [0.5, 0.6) is 0 Å². The second kappa shape index (κ2) is 5.44. The van der Waals surface area contributed by atoms with E-state index in [1.54, 1.807) is 0 Å². The smallest absolute Gasteiger partial charge is 0.270 e. The Labute approximate surface area is 122 Å². The largest absolute Gasteiger partial charge is 0.366 e. The maximum atomic E-state index is 12.4. The molecule has 2 aromatic rings. The molecule has 2 heterocycles. The van der Waals surface area contributed by atoms with Gasteiger partial charge in [0.1, 0.15) is 5.69 Å². The van der Waals surface area contributed by atoms with Gasteiger partial charge >= 0.3 is 0 Å². The second-order valence-electron chi connectivity index (χ2n) is 5.31. The Balaban J connectivity index is 1.70. The molecule has 1 aliphatic heterocycles. The molecule has 3 rings (SSSR count). The molecule has 5 heteroatoms. The van der Waals surface area contributed by atoms with Gasteiger partial charge < -0.3 is 15.6 Å². The Morgan fingerprint density at radius 2 is 2.00 bits per heavy atom. The number of benzene rings is 1. The number of nitrogens with zero attached hydrogens (tertiary/aromatic N) is 1. The Morgan fingerprint density at radius 3 is 2.67 bits per heavy atom. The van der Waals surface area contributed by atoms with Gasteiger partial charge in [-0.2, -0.15) is 0 Å². The first-order chi connectivity index (χ1) is 10.1. The van der Waals surface area contributed by atoms with Gasteiger partial charge in [0, 0.05) is 25.2 Å². The van der Waals surface area contributed by atoms with Gasteiger partial charge in [0.25, 0.3) is 5.91 Å². The highest BCUT2D eigenvalue weighted by Gasteiger charge is 2.28. The molecule has 21 heavy (non-hydrogen) atoms. The average Bonchev–Trinajstić information content (AvgIpc) is 3.17. The van der Waals surface area contributed by atoms with E-state index in [4.69, 9.17) is 5.73 Å². The Hall–Kier alpha value is -2.56. The van der Waals surface area contributed by atoms with Crippen LogP contribution < -0.4 is 5.73 Å². The van der Waals surface area contributed by atoms with Gasteiger partial charge in [0.2, 0.25) is 5.91 Å². The zero-order valence-electron chi connectivity index (χ0n) is 11.6. The van der Waals surface area contributed by atoms with Crippen LogP contribution in [0.3, 0.4) is 0 Å². The van der Waals surface area contributed by atoms with E-state index in [-0.39, 0.29) is 5.91 Å². The Kier molecular flexibility index (Phi) is 3.48. The van der Waals surface area contributed by atoms with Crippen molar-refractivity contribution in [1.29, 1.82) is 0 Å². The normalized spacial score (nSPS) is 17.9. The lowest BCUT2D eigenvalue weighted by atomic mass is 9.99. The molecule has 1 unspecified atom stereocenters. The fraction of sp³-hybridized carbons (Fsp3) is 0.250. The number of aromatic amines is 1. The number of primary amides is 1. The molecular weight excluding hydrogens is 266 g/mol. The van der Waals surface area contributed by atoms with E-state index in [0.29, 0.717) is 23.7 Å². The van der Waals surface area contributed by atoms with Crippen LogP contribution in [0, 0.1) is 0 Å². The molecule has 108 valence electrons. The first-order valence-corrected chi connectivity index (χ1v) is 6.97. The first kappa shape index (κ1) is 13.4. The van der Waals surface area contributed by atoms with Crippen LogP contribution in [0.15, 0.2) is 42.6 Å². The number of nitrogens with one attached hydrogen (secondary N) is 1. The number of amides is 2. The quantitative estimate of drug-likeness (QED) is 0.900. The predicted octanol–water partition coefficient (Wildman–Crippen LogP) is 1.74. The van der Waals surface area contributed by atoms with Crippen molar-refractivity contribution < 1.29 is 9.59 Å². The molecule has 0 aliphatic carbocycles. The number of likely N-dealkylation sites (tertiary alicyclic amines) is 1. The van der Waals surface area contributed by atoms with E-state index >= 15 is 0 Å². The molecule has 1 aromatic carbocycles. The van der Waals surface area contributed by atoms with E-state index in [9.17, 15) is 9.59 Å². The van der Waals surface area contributed by atoms with Crippen molar-refractivity contribution in [1.82, 2.24) is 9.88 Å². The van der Waals surface area contributed by atoms with Gasteiger partial charge in [-0.25, -0.2) is 0 Å². The number of rotatable bonds is 3. The molecule has 1 aliphatic rings. The van der Waals surface area contributed by atoms with Crippen LogP contribution in [-0.2, 0) is 0 Å². The minimum Gasteiger partial charge on any atom is -0.366 e. The summed E-state index contributed by atoms with van der Waals surface area (Å²) < 4.78 is 0. The molecule has 2 amide bonds. The summed E-state index contributed by atoms with van der Waals surface area (Å²) in [6.45, 7) is 1.43. The SMILES string of the molecule is NC(=O)c1c[nH]c(C(=O)N2CCC(c3ccccc3)C2)c1. The van der Waals surface area contributed by atoms with Crippen LogP contribution in [0.4, 0.5) is 0 Å². The lowest BCUT2D eigenvalue weighted by Gasteiger charge is -2.15. The molecule has 0 saturated carbocycles. The van der Waals surface area contributed by atoms with Crippen molar-refractivity contribution in [3.8, 4) is 0 Å². The van der Waals surface area contributed by atoms with Crippen LogP contribution >= 0.6 is 0 Å². The summed E-state index contributed by atoms with van der Waals surface area (Å²) in [5, 5.41) is 0. The van der Waals surface area contributed by atoms with E-state index in [1.165, 1.54) is 17.8 Å². The van der Waals surface area contributed by atoms with Crippen molar-refractivity contribution >= 4 is 11.8 Å². The average molecular weight is 283 g/mol. The predicted molar refractivity (Wildman–Crippen MR) is 79.0 cm³/mol. The maximum absolute atomic E-state index is 12.4. The molecule has 3 N–H and O–H groups in total. The topological polar surface area (TPSA) is 79.2 Å². The third-order valence-electron chi connectivity index (χ3n) is 3.94. The van der Waals surface area contributed by atoms with Gasteiger partial charge in [0.05, 0.1) is 5.56 Å². The molecule has 1 aromatic heterocycles. The van der Waals surface area contributed by atoms with Crippen molar-refractivity contribution in [2.24, 2.45) is 5.73 Å². The van der Waals surface area contributed by atoms with Gasteiger partial charge in [-0.05, 0) is 18.1 Å². The van der Waals surface area contributed by atoms with Crippen LogP contribution in [0.2, 0.25) is 0 Å². The minimum absolute atomic E-state index is 0.0825. The molecule has 1 fully saturated rings. The number of H-pyrrole nitrogens is 1. The zero-order valence-corrected chi connectivity index (χ0v) is 11.6. The summed E-state index contributed by atoms with van der Waals surface area (Å²) in [7, 11) is 0. The van der Waals surface area contributed by atoms with E-state index in [2.05, 4.69) is 17.1 Å². The Bertz CT molecular complexity index is 663. The number of carbonyl (C=O) groups is 2. The fourth-order valence-electron chi connectivity index (χ4n) is 2.77. The van der Waals surface area contributed by atoms with Crippen LogP contribution in [-0.4, -0.2) is 34.8 Å². The fourth-order valence-corrected chi connectivity index (χ4v) is 2.77. The summed E-state index contributed by atoms with van der Waals surface area (Å²) in [5.74, 6) is -0.240. The summed E-state index contributed by atoms with van der Waals surface area (Å²) in [6, 6.07) is 11.7. The monoisotopic (exact) mass is 283 g/mol. The molecular formula is C16H17N3O2. The highest BCUT2D eigenvalue weighted by Crippen LogP contribution is 2.27. The van der Waals surface area contributed by atoms with Crippen molar-refractivity contribution in [3.63, 3.8) is 0 Å². The number of carbonyl (C=O) groups excluding carboxylic acids is 2. The van der Waals surface area contributed by atoms with Crippen molar-refractivity contribution in [2.75, 3.05) is 13.1 Å². The number of hydrogen-bond acceptors (Lipinski definition) is 2. The molecule has 0 bridgehead atoms. The lowest BCUT2D eigenvalue weighted by Crippen LogP contribution is -2.28. The van der Waals surface area contributed by atoms with Gasteiger partial charge in [-0.15, -0.1) is 0 Å². The van der Waals surface area contributed by atoms with Crippen LogP contribution in [0.1, 0.15) is 38.7 Å². The highest BCUT2D eigenvalue weighted by atomic mass is 16.2. The van der Waals surface area contributed by atoms with Crippen LogP contribution in [0.25, 0.3) is 0 Å².